The van der Waals surface area contributed by atoms with Gasteiger partial charge in [-0.15, -0.1) is 0 Å². The highest BCUT2D eigenvalue weighted by Crippen LogP contribution is 2.36. The molecule has 19 heavy (non-hydrogen) atoms. The molecular weight excluding hydrogens is 277 g/mol. The molecule has 2 rings (SSSR count). The molecule has 1 aliphatic heterocycles. The number of nitrogens with one attached hydrogen (secondary N) is 1. The van der Waals surface area contributed by atoms with E-state index in [1.165, 1.54) is 6.07 Å². The molecule has 1 saturated heterocycles. The normalized spacial score (nSPS) is 20.1. The minimum atomic E-state index is -4.35. The number of halogens is 4. The van der Waals surface area contributed by atoms with Crippen molar-refractivity contribution in [2.75, 3.05) is 24.5 Å². The molecule has 1 fully saturated rings. The highest BCUT2D eigenvalue weighted by Gasteiger charge is 2.32. The predicted octanol–water partition coefficient (Wildman–Crippen LogP) is 3.55. The predicted molar refractivity (Wildman–Crippen MR) is 70.7 cm³/mol. The van der Waals surface area contributed by atoms with Gasteiger partial charge in [0, 0.05) is 19.1 Å². The topological polar surface area (TPSA) is 15.3 Å². The van der Waals surface area contributed by atoms with E-state index in [0.29, 0.717) is 11.7 Å². The van der Waals surface area contributed by atoms with Crippen LogP contribution in [0.15, 0.2) is 18.2 Å². The van der Waals surface area contributed by atoms with Crippen molar-refractivity contribution in [3.63, 3.8) is 0 Å². The molecule has 106 valence electrons. The van der Waals surface area contributed by atoms with Gasteiger partial charge in [-0.05, 0) is 31.2 Å². The number of anilines is 1. The molecule has 0 amide bonds. The van der Waals surface area contributed by atoms with Crippen molar-refractivity contribution in [2.45, 2.75) is 25.6 Å². The second kappa shape index (κ2) is 5.59. The van der Waals surface area contributed by atoms with Crippen LogP contribution in [-0.4, -0.2) is 25.7 Å². The summed E-state index contributed by atoms with van der Waals surface area (Å²) in [4.78, 5) is 2.02. The smallest absolute Gasteiger partial charge is 0.369 e. The molecule has 2 nitrogen and oxygen atoms in total. The third-order valence-corrected chi connectivity index (χ3v) is 3.60. The van der Waals surface area contributed by atoms with Crippen molar-refractivity contribution in [1.29, 1.82) is 0 Å². The first-order valence-electron chi connectivity index (χ1n) is 6.27. The Hall–Kier alpha value is -0.940. The summed E-state index contributed by atoms with van der Waals surface area (Å²) in [7, 11) is 0. The number of rotatable bonds is 3. The third kappa shape index (κ3) is 3.34. The zero-order valence-electron chi connectivity index (χ0n) is 10.6. The van der Waals surface area contributed by atoms with Crippen LogP contribution >= 0.6 is 11.6 Å². The number of likely N-dealkylation sites (N-methyl/N-ethyl adjacent to an activating group) is 1. The fourth-order valence-corrected chi connectivity index (χ4v) is 2.67. The lowest BCUT2D eigenvalue weighted by atomic mass is 10.2. The van der Waals surface area contributed by atoms with Crippen molar-refractivity contribution in [3.8, 4) is 0 Å². The Bertz CT molecular complexity index is 448. The molecule has 0 saturated carbocycles. The number of hydrogen-bond acceptors (Lipinski definition) is 2. The van der Waals surface area contributed by atoms with Crippen LogP contribution < -0.4 is 10.2 Å². The molecule has 1 aromatic rings. The quantitative estimate of drug-likeness (QED) is 0.916. The third-order valence-electron chi connectivity index (χ3n) is 3.30. The second-order valence-electron chi connectivity index (χ2n) is 4.65. The van der Waals surface area contributed by atoms with E-state index in [-0.39, 0.29) is 5.02 Å². The molecule has 0 bridgehead atoms. The first-order chi connectivity index (χ1) is 8.91. The summed E-state index contributed by atoms with van der Waals surface area (Å²) in [5.41, 5.74) is -0.0289. The molecule has 0 aliphatic carbocycles. The van der Waals surface area contributed by atoms with E-state index in [1.807, 2.05) is 11.8 Å². The van der Waals surface area contributed by atoms with Crippen LogP contribution in [0.5, 0.6) is 0 Å². The summed E-state index contributed by atoms with van der Waals surface area (Å²) in [5.74, 6) is 0. The lowest BCUT2D eigenvalue weighted by Crippen LogP contribution is -2.32. The van der Waals surface area contributed by atoms with Crippen LogP contribution in [-0.2, 0) is 6.18 Å². The average Bonchev–Trinajstić information content (AvgIpc) is 2.76. The summed E-state index contributed by atoms with van der Waals surface area (Å²) in [5, 5.41) is 3.49. The molecule has 1 aliphatic rings. The molecule has 1 N–H and O–H groups in total. The maximum Gasteiger partial charge on any atom is 0.416 e. The molecule has 0 radical (unpaired) electrons. The number of alkyl halides is 3. The van der Waals surface area contributed by atoms with Crippen LogP contribution in [0.3, 0.4) is 0 Å². The monoisotopic (exact) mass is 292 g/mol. The molecule has 0 aromatic heterocycles. The van der Waals surface area contributed by atoms with Gasteiger partial charge in [-0.25, -0.2) is 0 Å². The molecule has 1 heterocycles. The van der Waals surface area contributed by atoms with E-state index < -0.39 is 11.7 Å². The maximum atomic E-state index is 12.6. The van der Waals surface area contributed by atoms with Gasteiger partial charge >= 0.3 is 6.18 Å². The van der Waals surface area contributed by atoms with Crippen LogP contribution in [0.1, 0.15) is 18.9 Å². The highest BCUT2D eigenvalue weighted by molar-refractivity contribution is 6.33. The average molecular weight is 293 g/mol. The summed E-state index contributed by atoms with van der Waals surface area (Å²) < 4.78 is 37.7. The molecule has 1 unspecified atom stereocenters. The van der Waals surface area contributed by atoms with Gasteiger partial charge in [-0.2, -0.15) is 13.2 Å². The first kappa shape index (κ1) is 14.5. The summed E-state index contributed by atoms with van der Waals surface area (Å²) in [6.45, 7) is 4.51. The van der Waals surface area contributed by atoms with Crippen LogP contribution in [0.25, 0.3) is 0 Å². The lowest BCUT2D eigenvalue weighted by Gasteiger charge is -2.21. The van der Waals surface area contributed by atoms with Gasteiger partial charge in [0.25, 0.3) is 0 Å². The van der Waals surface area contributed by atoms with Crippen LogP contribution in [0.2, 0.25) is 5.02 Å². The van der Waals surface area contributed by atoms with Gasteiger partial charge in [0.2, 0.25) is 0 Å². The Morgan fingerprint density at radius 3 is 2.74 bits per heavy atom. The van der Waals surface area contributed by atoms with Crippen molar-refractivity contribution < 1.29 is 13.2 Å². The molecule has 1 aromatic carbocycles. The Morgan fingerprint density at radius 2 is 2.16 bits per heavy atom. The van der Waals surface area contributed by atoms with Crippen LogP contribution in [0.4, 0.5) is 18.9 Å². The van der Waals surface area contributed by atoms with Crippen LogP contribution in [0, 0.1) is 0 Å². The zero-order chi connectivity index (χ0) is 14.0. The molecule has 6 heteroatoms. The number of hydrogen-bond donors (Lipinski definition) is 1. The maximum absolute atomic E-state index is 12.6. The van der Waals surface area contributed by atoms with Gasteiger partial charge in [-0.3, -0.25) is 0 Å². The minimum absolute atomic E-state index is 0.159. The Morgan fingerprint density at radius 1 is 1.42 bits per heavy atom. The van der Waals surface area contributed by atoms with E-state index in [1.54, 1.807) is 0 Å². The van der Waals surface area contributed by atoms with Gasteiger partial charge in [0.15, 0.2) is 0 Å². The Balaban J connectivity index is 2.14. The number of nitrogens with zero attached hydrogens (tertiary/aromatic N) is 1. The first-order valence-corrected chi connectivity index (χ1v) is 6.64. The lowest BCUT2D eigenvalue weighted by molar-refractivity contribution is -0.137. The highest BCUT2D eigenvalue weighted by atomic mass is 35.5. The number of benzene rings is 1. The summed E-state index contributed by atoms with van der Waals surface area (Å²) >= 11 is 5.98. The fraction of sp³-hybridized carbons (Fsp3) is 0.538. The van der Waals surface area contributed by atoms with E-state index >= 15 is 0 Å². The van der Waals surface area contributed by atoms with Gasteiger partial charge in [-0.1, -0.05) is 18.5 Å². The Labute approximate surface area is 115 Å². The fourth-order valence-electron chi connectivity index (χ4n) is 2.37. The minimum Gasteiger partial charge on any atom is -0.369 e. The standard InChI is InChI=1S/C13H16ClF3N2/c1-2-18-10-5-6-19(8-10)12-4-3-9(7-11(12)14)13(15,16)17/h3-4,7,10,18H,2,5-6,8H2,1H3. The van der Waals surface area contributed by atoms with Crippen molar-refractivity contribution in [2.24, 2.45) is 0 Å². The molecule has 1 atom stereocenters. The van der Waals surface area contributed by atoms with E-state index in [9.17, 15) is 13.2 Å². The molecule has 0 spiro atoms. The molecular formula is C13H16ClF3N2. The second-order valence-corrected chi connectivity index (χ2v) is 5.06. The van der Waals surface area contributed by atoms with E-state index in [0.717, 1.165) is 38.2 Å². The van der Waals surface area contributed by atoms with E-state index in [4.69, 9.17) is 11.6 Å². The van der Waals surface area contributed by atoms with Gasteiger partial charge < -0.3 is 10.2 Å². The van der Waals surface area contributed by atoms with Gasteiger partial charge in [0.1, 0.15) is 0 Å². The summed E-state index contributed by atoms with van der Waals surface area (Å²) in [6.07, 6.45) is -3.37. The zero-order valence-corrected chi connectivity index (χ0v) is 11.4. The summed E-state index contributed by atoms with van der Waals surface area (Å²) in [6, 6.07) is 3.92. The SMILES string of the molecule is CCNC1CCN(c2ccc(C(F)(F)F)cc2Cl)C1. The van der Waals surface area contributed by atoms with Crippen molar-refractivity contribution in [1.82, 2.24) is 5.32 Å². The van der Waals surface area contributed by atoms with Crippen molar-refractivity contribution >= 4 is 17.3 Å². The van der Waals surface area contributed by atoms with E-state index in [2.05, 4.69) is 5.32 Å². The van der Waals surface area contributed by atoms with Gasteiger partial charge in [0.05, 0.1) is 16.3 Å². The Kier molecular flexibility index (Phi) is 4.26. The van der Waals surface area contributed by atoms with Crippen molar-refractivity contribution in [3.05, 3.63) is 28.8 Å². The largest absolute Gasteiger partial charge is 0.416 e.